The van der Waals surface area contributed by atoms with Crippen LogP contribution < -0.4 is 5.32 Å². The summed E-state index contributed by atoms with van der Waals surface area (Å²) in [4.78, 5) is 5.02. The van der Waals surface area contributed by atoms with Gasteiger partial charge in [0.05, 0.1) is 11.2 Å². The molecule has 0 amide bonds. The Labute approximate surface area is 128 Å². The first-order chi connectivity index (χ1) is 9.23. The van der Waals surface area contributed by atoms with Crippen LogP contribution in [0.2, 0.25) is 0 Å². The molecule has 1 saturated carbocycles. The second kappa shape index (κ2) is 5.76. The largest absolute Gasteiger partial charge is 0.303 e. The van der Waals surface area contributed by atoms with Crippen molar-refractivity contribution in [2.75, 3.05) is 0 Å². The molecule has 0 spiro atoms. The van der Waals surface area contributed by atoms with Crippen molar-refractivity contribution in [1.29, 1.82) is 0 Å². The van der Waals surface area contributed by atoms with Gasteiger partial charge in [-0.3, -0.25) is 0 Å². The van der Waals surface area contributed by atoms with Crippen LogP contribution in [0.5, 0.6) is 0 Å². The first-order valence-electron chi connectivity index (χ1n) is 7.97. The smallest absolute Gasteiger partial charge is 0.113 e. The van der Waals surface area contributed by atoms with Crippen molar-refractivity contribution in [3.63, 3.8) is 0 Å². The zero-order valence-corrected chi connectivity index (χ0v) is 14.7. The van der Waals surface area contributed by atoms with Crippen molar-refractivity contribution in [2.24, 2.45) is 5.92 Å². The summed E-state index contributed by atoms with van der Waals surface area (Å²) in [7, 11) is 0. The normalized spacial score (nSPS) is 28.1. The Bertz CT molecular complexity index is 440. The summed E-state index contributed by atoms with van der Waals surface area (Å²) in [5, 5.41) is 7.42. The average Bonchev–Trinajstić information content (AvgIpc) is 2.76. The Hall–Kier alpha value is -0.410. The highest BCUT2D eigenvalue weighted by Crippen LogP contribution is 2.42. The average molecular weight is 295 g/mol. The van der Waals surface area contributed by atoms with E-state index in [-0.39, 0.29) is 11.0 Å². The molecule has 1 aliphatic carbocycles. The van der Waals surface area contributed by atoms with Crippen LogP contribution in [0.4, 0.5) is 0 Å². The predicted molar refractivity (Wildman–Crippen MR) is 88.4 cm³/mol. The van der Waals surface area contributed by atoms with Crippen LogP contribution in [0.15, 0.2) is 5.38 Å². The lowest BCUT2D eigenvalue weighted by atomic mass is 9.76. The highest BCUT2D eigenvalue weighted by molar-refractivity contribution is 7.09. The van der Waals surface area contributed by atoms with E-state index in [1.54, 1.807) is 0 Å². The molecule has 0 bridgehead atoms. The minimum absolute atomic E-state index is 0.111. The fraction of sp³-hybridized carbons (Fsp3) is 0.824. The summed E-state index contributed by atoms with van der Waals surface area (Å²) in [5.41, 5.74) is 1.49. The Kier molecular flexibility index (Phi) is 4.60. The highest BCUT2D eigenvalue weighted by Gasteiger charge is 2.39. The molecular formula is C17H30N2S. The van der Waals surface area contributed by atoms with Gasteiger partial charge in [-0.25, -0.2) is 4.98 Å². The first-order valence-corrected chi connectivity index (χ1v) is 8.85. The number of aromatic nitrogens is 1. The van der Waals surface area contributed by atoms with Gasteiger partial charge in [-0.15, -0.1) is 11.3 Å². The number of hydrogen-bond donors (Lipinski definition) is 1. The van der Waals surface area contributed by atoms with Gasteiger partial charge in [0.25, 0.3) is 0 Å². The molecule has 0 saturated heterocycles. The van der Waals surface area contributed by atoms with E-state index in [0.29, 0.717) is 6.04 Å². The quantitative estimate of drug-likeness (QED) is 0.862. The van der Waals surface area contributed by atoms with Crippen LogP contribution >= 0.6 is 11.3 Å². The minimum Gasteiger partial charge on any atom is -0.303 e. The summed E-state index contributed by atoms with van der Waals surface area (Å²) in [6.45, 7) is 13.6. The number of thiazole rings is 1. The van der Waals surface area contributed by atoms with E-state index < -0.39 is 0 Å². The van der Waals surface area contributed by atoms with Crippen molar-refractivity contribution in [3.05, 3.63) is 16.1 Å². The Morgan fingerprint density at radius 2 is 2.10 bits per heavy atom. The fourth-order valence-corrected chi connectivity index (χ4v) is 4.58. The molecule has 1 N–H and O–H groups in total. The Balaban J connectivity index is 2.33. The molecular weight excluding hydrogens is 264 g/mol. The van der Waals surface area contributed by atoms with Crippen molar-refractivity contribution < 1.29 is 0 Å². The maximum Gasteiger partial charge on any atom is 0.113 e. The zero-order valence-electron chi connectivity index (χ0n) is 13.9. The van der Waals surface area contributed by atoms with Gasteiger partial charge in [-0.05, 0) is 32.6 Å². The molecule has 0 aromatic carbocycles. The van der Waals surface area contributed by atoms with Crippen LogP contribution in [0.3, 0.4) is 0 Å². The van der Waals surface area contributed by atoms with Gasteiger partial charge >= 0.3 is 0 Å². The van der Waals surface area contributed by atoms with Crippen LogP contribution in [0.1, 0.15) is 77.9 Å². The van der Waals surface area contributed by atoms with E-state index in [0.717, 1.165) is 5.92 Å². The first kappa shape index (κ1) is 16.0. The molecule has 1 aromatic heterocycles. The molecule has 2 atom stereocenters. The van der Waals surface area contributed by atoms with Crippen molar-refractivity contribution >= 4 is 11.3 Å². The third-order valence-corrected chi connectivity index (χ3v) is 5.29. The van der Waals surface area contributed by atoms with E-state index in [1.807, 2.05) is 11.3 Å². The molecule has 1 heterocycles. The van der Waals surface area contributed by atoms with E-state index in [4.69, 9.17) is 4.98 Å². The lowest BCUT2D eigenvalue weighted by Crippen LogP contribution is -2.48. The van der Waals surface area contributed by atoms with E-state index in [1.165, 1.54) is 36.4 Å². The van der Waals surface area contributed by atoms with Crippen LogP contribution in [-0.4, -0.2) is 11.0 Å². The lowest BCUT2D eigenvalue weighted by molar-refractivity contribution is 0.174. The van der Waals surface area contributed by atoms with Gasteiger partial charge in [-0.1, -0.05) is 40.5 Å². The van der Waals surface area contributed by atoms with Gasteiger partial charge in [0, 0.05) is 16.8 Å². The minimum atomic E-state index is 0.111. The Morgan fingerprint density at radius 3 is 2.60 bits per heavy atom. The number of nitrogens with one attached hydrogen (secondary N) is 1. The van der Waals surface area contributed by atoms with Crippen molar-refractivity contribution in [2.45, 2.75) is 84.2 Å². The molecule has 1 fully saturated rings. The predicted octanol–water partition coefficient (Wildman–Crippen LogP) is 4.84. The van der Waals surface area contributed by atoms with Crippen LogP contribution in [0, 0.1) is 5.92 Å². The summed E-state index contributed by atoms with van der Waals surface area (Å²) in [6.07, 6.45) is 5.12. The summed E-state index contributed by atoms with van der Waals surface area (Å²) >= 11 is 1.85. The molecule has 2 rings (SSSR count). The molecule has 0 radical (unpaired) electrons. The maximum absolute atomic E-state index is 5.02. The number of rotatable bonds is 3. The third kappa shape index (κ3) is 3.43. The van der Waals surface area contributed by atoms with E-state index in [9.17, 15) is 0 Å². The van der Waals surface area contributed by atoms with Gasteiger partial charge in [0.15, 0.2) is 0 Å². The van der Waals surface area contributed by atoms with Crippen molar-refractivity contribution in [3.8, 4) is 0 Å². The third-order valence-electron chi connectivity index (χ3n) is 4.24. The number of nitrogens with zero attached hydrogens (tertiary/aromatic N) is 1. The zero-order chi connectivity index (χ0) is 15.0. The Morgan fingerprint density at radius 1 is 1.40 bits per heavy atom. The summed E-state index contributed by atoms with van der Waals surface area (Å²) in [5.74, 6) is 0.789. The fourth-order valence-electron chi connectivity index (χ4n) is 3.33. The van der Waals surface area contributed by atoms with Gasteiger partial charge in [0.1, 0.15) is 5.01 Å². The van der Waals surface area contributed by atoms with Crippen LogP contribution in [-0.2, 0) is 11.0 Å². The SMILES string of the molecule is CC1CCCC(NC(C)C)(c2nc(C(C)(C)C)cs2)C1. The van der Waals surface area contributed by atoms with Gasteiger partial charge in [0.2, 0.25) is 0 Å². The topological polar surface area (TPSA) is 24.9 Å². The second-order valence-electron chi connectivity index (χ2n) is 7.87. The number of hydrogen-bond acceptors (Lipinski definition) is 3. The molecule has 2 nitrogen and oxygen atoms in total. The van der Waals surface area contributed by atoms with E-state index >= 15 is 0 Å². The maximum atomic E-state index is 5.02. The monoisotopic (exact) mass is 294 g/mol. The molecule has 0 aliphatic heterocycles. The van der Waals surface area contributed by atoms with Crippen molar-refractivity contribution in [1.82, 2.24) is 10.3 Å². The lowest BCUT2D eigenvalue weighted by Gasteiger charge is -2.41. The summed E-state index contributed by atoms with van der Waals surface area (Å²) < 4.78 is 0. The van der Waals surface area contributed by atoms with Gasteiger partial charge < -0.3 is 5.32 Å². The van der Waals surface area contributed by atoms with Crippen LogP contribution in [0.25, 0.3) is 0 Å². The molecule has 3 heteroatoms. The summed E-state index contributed by atoms with van der Waals surface area (Å²) in [6, 6.07) is 0.502. The van der Waals surface area contributed by atoms with Gasteiger partial charge in [-0.2, -0.15) is 0 Å². The molecule has 114 valence electrons. The molecule has 1 aliphatic rings. The standard InChI is InChI=1S/C17H30N2S/c1-12(2)19-17(9-7-8-13(3)10-17)15-18-14(11-20-15)16(4,5)6/h11-13,19H,7-10H2,1-6H3. The molecule has 2 unspecified atom stereocenters. The highest BCUT2D eigenvalue weighted by atomic mass is 32.1. The van der Waals surface area contributed by atoms with E-state index in [2.05, 4.69) is 52.2 Å². The molecule has 20 heavy (non-hydrogen) atoms. The molecule has 1 aromatic rings. The second-order valence-corrected chi connectivity index (χ2v) is 8.73.